The molecule has 0 radical (unpaired) electrons. The molecule has 1 aromatic carbocycles. The van der Waals surface area contributed by atoms with E-state index in [1.807, 2.05) is 12.3 Å². The Bertz CT molecular complexity index is 844. The summed E-state index contributed by atoms with van der Waals surface area (Å²) < 4.78 is 13.2. The Morgan fingerprint density at radius 1 is 1.11 bits per heavy atom. The quantitative estimate of drug-likeness (QED) is 0.760. The van der Waals surface area contributed by atoms with E-state index in [1.54, 1.807) is 0 Å². The van der Waals surface area contributed by atoms with E-state index in [0.29, 0.717) is 12.0 Å². The molecule has 0 unspecified atom stereocenters. The van der Waals surface area contributed by atoms with Gasteiger partial charge in [0.15, 0.2) is 0 Å². The first-order valence-electron chi connectivity index (χ1n) is 10.7. The average molecular weight is 379 g/mol. The van der Waals surface area contributed by atoms with Gasteiger partial charge in [-0.25, -0.2) is 0 Å². The minimum absolute atomic E-state index is 0.0885. The number of likely N-dealkylation sites (tertiary alicyclic amines) is 1. The maximum Gasteiger partial charge on any atom is 0.125 e. The lowest BCUT2D eigenvalue weighted by atomic mass is 9.69. The monoisotopic (exact) mass is 378 g/mol. The van der Waals surface area contributed by atoms with Gasteiger partial charge in [-0.3, -0.25) is 9.88 Å². The van der Waals surface area contributed by atoms with E-state index in [-0.39, 0.29) is 11.7 Å². The van der Waals surface area contributed by atoms with Crippen LogP contribution in [-0.2, 0) is 11.3 Å². The lowest BCUT2D eigenvalue weighted by Crippen LogP contribution is -2.57. The standard InChI is InChI=1S/C24H30N2O2/c1-17-6-5-13-25-21(17)16-26-14-11-24(12-15-26)20-10-9-18(2)27-23(20)19-7-3-4-8-22(19)28-24/h3-8,13,18,20,23H,9-12,14-16H2,1-2H3/t18-,20+,23-/m0/s1. The maximum atomic E-state index is 6.77. The Kier molecular flexibility index (Phi) is 4.64. The molecule has 0 amide bonds. The highest BCUT2D eigenvalue weighted by Gasteiger charge is 2.53. The van der Waals surface area contributed by atoms with Crippen molar-refractivity contribution in [3.8, 4) is 5.75 Å². The molecule has 4 nitrogen and oxygen atoms in total. The fourth-order valence-corrected chi connectivity index (χ4v) is 5.37. The molecule has 0 bridgehead atoms. The van der Waals surface area contributed by atoms with Crippen LogP contribution in [0.15, 0.2) is 42.6 Å². The highest BCUT2D eigenvalue weighted by Crippen LogP contribution is 2.53. The first kappa shape index (κ1) is 18.1. The number of pyridine rings is 1. The Labute approximate surface area is 167 Å². The molecule has 2 fully saturated rings. The van der Waals surface area contributed by atoms with Crippen molar-refractivity contribution in [1.29, 1.82) is 0 Å². The number of benzene rings is 1. The molecule has 0 N–H and O–H groups in total. The van der Waals surface area contributed by atoms with Gasteiger partial charge in [0.2, 0.25) is 0 Å². The number of fused-ring (bicyclic) bond motifs is 4. The van der Waals surface area contributed by atoms with Gasteiger partial charge < -0.3 is 9.47 Å². The van der Waals surface area contributed by atoms with Gasteiger partial charge in [0.1, 0.15) is 11.4 Å². The van der Waals surface area contributed by atoms with E-state index in [1.165, 1.54) is 23.2 Å². The largest absolute Gasteiger partial charge is 0.486 e. The molecule has 3 aliphatic heterocycles. The Balaban J connectivity index is 1.36. The van der Waals surface area contributed by atoms with Crippen LogP contribution in [0.1, 0.15) is 55.5 Å². The maximum absolute atomic E-state index is 6.77. The molecule has 0 saturated carbocycles. The third kappa shape index (κ3) is 3.13. The van der Waals surface area contributed by atoms with Gasteiger partial charge in [-0.05, 0) is 44.4 Å². The molecule has 2 saturated heterocycles. The molecule has 1 aromatic heterocycles. The topological polar surface area (TPSA) is 34.6 Å². The summed E-state index contributed by atoms with van der Waals surface area (Å²) >= 11 is 0. The zero-order valence-electron chi connectivity index (χ0n) is 16.9. The Morgan fingerprint density at radius 2 is 1.93 bits per heavy atom. The van der Waals surface area contributed by atoms with Crippen molar-refractivity contribution in [2.24, 2.45) is 5.92 Å². The van der Waals surface area contributed by atoms with Crippen LogP contribution in [0, 0.1) is 12.8 Å². The fourth-order valence-electron chi connectivity index (χ4n) is 5.37. The number of rotatable bonds is 2. The van der Waals surface area contributed by atoms with Crippen LogP contribution >= 0.6 is 0 Å². The smallest absolute Gasteiger partial charge is 0.125 e. The summed E-state index contributed by atoms with van der Waals surface area (Å²) in [6.07, 6.45) is 6.86. The number of aryl methyl sites for hydroxylation is 1. The number of nitrogens with zero attached hydrogens (tertiary/aromatic N) is 2. The summed E-state index contributed by atoms with van der Waals surface area (Å²) in [6.45, 7) is 7.40. The fraction of sp³-hybridized carbons (Fsp3) is 0.542. The van der Waals surface area contributed by atoms with Crippen molar-refractivity contribution in [2.45, 2.75) is 63.9 Å². The van der Waals surface area contributed by atoms with Crippen LogP contribution in [0.4, 0.5) is 0 Å². The predicted molar refractivity (Wildman–Crippen MR) is 109 cm³/mol. The van der Waals surface area contributed by atoms with E-state index < -0.39 is 0 Å². The zero-order chi connectivity index (χ0) is 19.1. The molecule has 5 rings (SSSR count). The van der Waals surface area contributed by atoms with Crippen molar-refractivity contribution < 1.29 is 9.47 Å². The summed E-state index contributed by atoms with van der Waals surface area (Å²) in [6, 6.07) is 12.7. The van der Waals surface area contributed by atoms with Crippen LogP contribution in [-0.4, -0.2) is 34.7 Å². The molecule has 1 spiro atoms. The normalized spacial score (nSPS) is 29.0. The molecule has 3 atom stereocenters. The number of hydrogen-bond donors (Lipinski definition) is 0. The number of piperidine rings is 1. The lowest BCUT2D eigenvalue weighted by molar-refractivity contribution is -0.170. The van der Waals surface area contributed by atoms with Gasteiger partial charge in [0.05, 0.1) is 17.9 Å². The van der Waals surface area contributed by atoms with Crippen molar-refractivity contribution in [3.05, 3.63) is 59.4 Å². The molecular weight excluding hydrogens is 348 g/mol. The lowest BCUT2D eigenvalue weighted by Gasteiger charge is -2.54. The third-order valence-corrected chi connectivity index (χ3v) is 7.04. The second-order valence-corrected chi connectivity index (χ2v) is 8.80. The SMILES string of the molecule is Cc1cccnc1CN1CCC2(CC1)Oc1ccccc1[C@@H]1O[C@@H](C)CC[C@H]12. The van der Waals surface area contributed by atoms with Crippen molar-refractivity contribution in [3.63, 3.8) is 0 Å². The minimum Gasteiger partial charge on any atom is -0.486 e. The van der Waals surface area contributed by atoms with E-state index in [0.717, 1.165) is 44.6 Å². The van der Waals surface area contributed by atoms with Crippen LogP contribution < -0.4 is 4.74 Å². The van der Waals surface area contributed by atoms with E-state index >= 15 is 0 Å². The van der Waals surface area contributed by atoms with Crippen molar-refractivity contribution >= 4 is 0 Å². The average Bonchev–Trinajstić information content (AvgIpc) is 2.71. The van der Waals surface area contributed by atoms with Crippen LogP contribution in [0.5, 0.6) is 5.75 Å². The van der Waals surface area contributed by atoms with Gasteiger partial charge in [0.25, 0.3) is 0 Å². The summed E-state index contributed by atoms with van der Waals surface area (Å²) in [5.74, 6) is 1.49. The van der Waals surface area contributed by atoms with Crippen molar-refractivity contribution in [1.82, 2.24) is 9.88 Å². The van der Waals surface area contributed by atoms with Gasteiger partial charge >= 0.3 is 0 Å². The van der Waals surface area contributed by atoms with Crippen LogP contribution in [0.2, 0.25) is 0 Å². The molecular formula is C24H30N2O2. The number of hydrogen-bond acceptors (Lipinski definition) is 4. The highest BCUT2D eigenvalue weighted by molar-refractivity contribution is 5.39. The summed E-state index contributed by atoms with van der Waals surface area (Å²) in [5, 5.41) is 0. The number of para-hydroxylation sites is 1. The molecule has 3 aliphatic rings. The van der Waals surface area contributed by atoms with E-state index in [9.17, 15) is 0 Å². The highest BCUT2D eigenvalue weighted by atomic mass is 16.5. The second kappa shape index (κ2) is 7.16. The number of aromatic nitrogens is 1. The third-order valence-electron chi connectivity index (χ3n) is 7.04. The molecule has 28 heavy (non-hydrogen) atoms. The summed E-state index contributed by atoms with van der Waals surface area (Å²) in [5.41, 5.74) is 3.63. The zero-order valence-corrected chi connectivity index (χ0v) is 16.9. The van der Waals surface area contributed by atoms with Crippen LogP contribution in [0.25, 0.3) is 0 Å². The molecule has 4 heterocycles. The predicted octanol–water partition coefficient (Wildman–Crippen LogP) is 4.67. The van der Waals surface area contributed by atoms with E-state index in [2.05, 4.69) is 54.1 Å². The van der Waals surface area contributed by atoms with Gasteiger partial charge in [-0.15, -0.1) is 0 Å². The van der Waals surface area contributed by atoms with Gasteiger partial charge in [-0.2, -0.15) is 0 Å². The van der Waals surface area contributed by atoms with E-state index in [4.69, 9.17) is 9.47 Å². The van der Waals surface area contributed by atoms with Crippen molar-refractivity contribution in [2.75, 3.05) is 13.1 Å². The first-order chi connectivity index (χ1) is 13.6. The minimum atomic E-state index is -0.0885. The summed E-state index contributed by atoms with van der Waals surface area (Å²) in [4.78, 5) is 7.12. The Hall–Kier alpha value is -1.91. The molecule has 148 valence electrons. The van der Waals surface area contributed by atoms with Gasteiger partial charge in [-0.1, -0.05) is 24.3 Å². The van der Waals surface area contributed by atoms with Crippen LogP contribution in [0.3, 0.4) is 0 Å². The first-order valence-corrected chi connectivity index (χ1v) is 10.7. The number of ether oxygens (including phenoxy) is 2. The second-order valence-electron chi connectivity index (χ2n) is 8.80. The molecule has 2 aromatic rings. The molecule has 0 aliphatic carbocycles. The molecule has 4 heteroatoms. The van der Waals surface area contributed by atoms with Gasteiger partial charge in [0, 0.05) is 50.2 Å². The summed E-state index contributed by atoms with van der Waals surface area (Å²) in [7, 11) is 0. The Morgan fingerprint density at radius 3 is 2.75 bits per heavy atom.